The molecule has 8 nitrogen and oxygen atoms in total. The van der Waals surface area contributed by atoms with E-state index in [2.05, 4.69) is 20.6 Å². The molecule has 1 aliphatic carbocycles. The molecule has 41 heavy (non-hydrogen) atoms. The standard InChI is InChI=1S/C31H39FN4O4S/c1-30(2,32)15-21-13-23-25(16-31(8-5-9-31)40-28(23)35-17-21)34-18-26(37)24(36-27(38)19-39-3)14-20-6-4-7-22(12-20)29-33-10-11-41-29/h4,6-7,10-13,17,24-26,34,37H,5,8-9,14-16,18-19H2,1-3H3,(H,36,38)/t24-,25-,26+/m0/s1. The molecule has 220 valence electrons. The quantitative estimate of drug-likeness (QED) is 0.287. The molecule has 3 aromatic rings. The van der Waals surface area contributed by atoms with E-state index in [1.807, 2.05) is 35.7 Å². The van der Waals surface area contributed by atoms with E-state index in [1.165, 1.54) is 7.11 Å². The number of fused-ring (bicyclic) bond motifs is 1. The van der Waals surface area contributed by atoms with Crippen LogP contribution in [0.25, 0.3) is 10.6 Å². The van der Waals surface area contributed by atoms with E-state index in [9.17, 15) is 14.3 Å². The van der Waals surface area contributed by atoms with Gasteiger partial charge in [-0.1, -0.05) is 18.2 Å². The van der Waals surface area contributed by atoms with E-state index in [-0.39, 0.29) is 37.1 Å². The Labute approximate surface area is 244 Å². The smallest absolute Gasteiger partial charge is 0.246 e. The van der Waals surface area contributed by atoms with Crippen LogP contribution in [0.3, 0.4) is 0 Å². The topological polar surface area (TPSA) is 106 Å². The lowest BCUT2D eigenvalue weighted by Gasteiger charge is -2.47. The highest BCUT2D eigenvalue weighted by Gasteiger charge is 2.46. The van der Waals surface area contributed by atoms with Crippen molar-refractivity contribution in [3.05, 3.63) is 64.8 Å². The van der Waals surface area contributed by atoms with Gasteiger partial charge in [-0.3, -0.25) is 4.79 Å². The SMILES string of the molecule is COCC(=O)N[C@@H](Cc1cccc(-c2nccs2)c1)[C@H](O)CN[C@H]1CC2(CCC2)Oc2ncc(CC(C)(C)F)cc21. The van der Waals surface area contributed by atoms with Gasteiger partial charge in [0.15, 0.2) is 0 Å². The molecular weight excluding hydrogens is 543 g/mol. The Morgan fingerprint density at radius 2 is 2.12 bits per heavy atom. The fraction of sp³-hybridized carbons (Fsp3) is 0.516. The molecule has 0 bridgehead atoms. The zero-order chi connectivity index (χ0) is 29.0. The highest BCUT2D eigenvalue weighted by molar-refractivity contribution is 7.13. The molecule has 1 amide bonds. The van der Waals surface area contributed by atoms with Crippen LogP contribution < -0.4 is 15.4 Å². The molecule has 2 aliphatic rings. The lowest BCUT2D eigenvalue weighted by Crippen LogP contribution is -2.52. The van der Waals surface area contributed by atoms with Crippen molar-refractivity contribution in [1.82, 2.24) is 20.6 Å². The Morgan fingerprint density at radius 3 is 2.80 bits per heavy atom. The second-order valence-electron chi connectivity index (χ2n) is 11.9. The van der Waals surface area contributed by atoms with E-state index >= 15 is 0 Å². The van der Waals surface area contributed by atoms with Crippen LogP contribution in [0.5, 0.6) is 5.88 Å². The number of carbonyl (C=O) groups excluding carboxylic acids is 1. The van der Waals surface area contributed by atoms with Gasteiger partial charge in [0.2, 0.25) is 11.8 Å². The van der Waals surface area contributed by atoms with Gasteiger partial charge in [0.05, 0.1) is 12.1 Å². The summed E-state index contributed by atoms with van der Waals surface area (Å²) in [5.41, 5.74) is 2.05. The number of aromatic nitrogens is 2. The second-order valence-corrected chi connectivity index (χ2v) is 12.7. The zero-order valence-corrected chi connectivity index (χ0v) is 24.7. The molecule has 3 N–H and O–H groups in total. The maximum absolute atomic E-state index is 14.4. The summed E-state index contributed by atoms with van der Waals surface area (Å²) in [5, 5.41) is 20.8. The molecule has 0 unspecified atom stereocenters. The van der Waals surface area contributed by atoms with Crippen LogP contribution in [0.4, 0.5) is 4.39 Å². The number of nitrogens with one attached hydrogen (secondary N) is 2. The first-order chi connectivity index (χ1) is 19.6. The molecule has 1 spiro atoms. The minimum absolute atomic E-state index is 0.0922. The molecule has 5 rings (SSSR count). The predicted molar refractivity (Wildman–Crippen MR) is 157 cm³/mol. The van der Waals surface area contributed by atoms with Gasteiger partial charge in [0.25, 0.3) is 0 Å². The number of aliphatic hydroxyl groups is 1. The molecule has 3 heterocycles. The van der Waals surface area contributed by atoms with E-state index in [4.69, 9.17) is 9.47 Å². The van der Waals surface area contributed by atoms with Crippen molar-refractivity contribution in [2.75, 3.05) is 20.3 Å². The number of ether oxygens (including phenoxy) is 2. The monoisotopic (exact) mass is 582 g/mol. The summed E-state index contributed by atoms with van der Waals surface area (Å²) in [5.74, 6) is 0.285. The highest BCUT2D eigenvalue weighted by atomic mass is 32.1. The van der Waals surface area contributed by atoms with Crippen molar-refractivity contribution in [3.63, 3.8) is 0 Å². The predicted octanol–water partition coefficient (Wildman–Crippen LogP) is 4.57. The highest BCUT2D eigenvalue weighted by Crippen LogP contribution is 2.48. The van der Waals surface area contributed by atoms with Gasteiger partial charge in [-0.05, 0) is 62.8 Å². The minimum atomic E-state index is -1.36. The first-order valence-corrected chi connectivity index (χ1v) is 15.1. The minimum Gasteiger partial charge on any atom is -0.471 e. The van der Waals surface area contributed by atoms with Gasteiger partial charge in [-0.25, -0.2) is 14.4 Å². The number of aliphatic hydroxyl groups excluding tert-OH is 1. The van der Waals surface area contributed by atoms with Crippen LogP contribution in [0.2, 0.25) is 0 Å². The van der Waals surface area contributed by atoms with Gasteiger partial charge in [-0.15, -0.1) is 11.3 Å². The fourth-order valence-corrected chi connectivity index (χ4v) is 6.37. The summed E-state index contributed by atoms with van der Waals surface area (Å²) in [6, 6.07) is 9.30. The van der Waals surface area contributed by atoms with Gasteiger partial charge in [-0.2, -0.15) is 0 Å². The van der Waals surface area contributed by atoms with Crippen molar-refractivity contribution < 1.29 is 23.8 Å². The number of carbonyl (C=O) groups is 1. The second kappa shape index (κ2) is 12.5. The molecular formula is C31H39FN4O4S. The lowest BCUT2D eigenvalue weighted by atomic mass is 9.73. The number of alkyl halides is 1. The number of nitrogens with zero attached hydrogens (tertiary/aromatic N) is 2. The number of benzene rings is 1. The summed E-state index contributed by atoms with van der Waals surface area (Å²) >= 11 is 1.56. The van der Waals surface area contributed by atoms with Crippen LogP contribution in [0, 0.1) is 0 Å². The molecule has 0 radical (unpaired) electrons. The molecule has 1 aromatic carbocycles. The average molecular weight is 583 g/mol. The Bertz CT molecular complexity index is 1330. The Morgan fingerprint density at radius 1 is 1.29 bits per heavy atom. The Hall–Kier alpha value is -2.92. The lowest BCUT2D eigenvalue weighted by molar-refractivity contribution is -0.126. The number of pyridine rings is 1. The molecule has 10 heteroatoms. The largest absolute Gasteiger partial charge is 0.471 e. The first kappa shape index (κ1) is 29.6. The number of amides is 1. The molecule has 1 fully saturated rings. The summed E-state index contributed by atoms with van der Waals surface area (Å²) in [7, 11) is 1.47. The van der Waals surface area contributed by atoms with Gasteiger partial charge < -0.3 is 25.2 Å². The maximum Gasteiger partial charge on any atom is 0.246 e. The molecule has 2 aromatic heterocycles. The van der Waals surface area contributed by atoms with Crippen molar-refractivity contribution in [2.24, 2.45) is 0 Å². The molecule has 1 aliphatic heterocycles. The normalized spacial score (nSPS) is 19.1. The molecule has 1 saturated carbocycles. The number of halogens is 1. The van der Waals surface area contributed by atoms with E-state index in [0.29, 0.717) is 12.3 Å². The first-order valence-electron chi connectivity index (χ1n) is 14.2. The van der Waals surface area contributed by atoms with Crippen molar-refractivity contribution >= 4 is 17.2 Å². The summed E-state index contributed by atoms with van der Waals surface area (Å²) in [6.07, 6.45) is 7.03. The van der Waals surface area contributed by atoms with Crippen LogP contribution in [-0.2, 0) is 22.4 Å². The number of hydrogen-bond donors (Lipinski definition) is 3. The third-order valence-corrected chi connectivity index (χ3v) is 8.63. The number of thiazole rings is 1. The number of methoxy groups -OCH3 is 1. The van der Waals surface area contributed by atoms with Crippen LogP contribution >= 0.6 is 11.3 Å². The third kappa shape index (κ3) is 7.48. The third-order valence-electron chi connectivity index (χ3n) is 7.81. The Kier molecular flexibility index (Phi) is 9.03. The average Bonchev–Trinajstić information content (AvgIpc) is 3.45. The van der Waals surface area contributed by atoms with Crippen LogP contribution in [0.15, 0.2) is 48.1 Å². The summed E-state index contributed by atoms with van der Waals surface area (Å²) < 4.78 is 25.8. The maximum atomic E-state index is 14.4. The van der Waals surface area contributed by atoms with E-state index in [0.717, 1.165) is 52.9 Å². The van der Waals surface area contributed by atoms with Crippen molar-refractivity contribution in [1.29, 1.82) is 0 Å². The zero-order valence-electron chi connectivity index (χ0n) is 23.9. The van der Waals surface area contributed by atoms with Crippen molar-refractivity contribution in [2.45, 2.75) is 81.8 Å². The van der Waals surface area contributed by atoms with Crippen LogP contribution in [-0.4, -0.2) is 64.7 Å². The fourth-order valence-electron chi connectivity index (χ4n) is 5.74. The van der Waals surface area contributed by atoms with Gasteiger partial charge in [0, 0.05) is 61.4 Å². The van der Waals surface area contributed by atoms with E-state index < -0.39 is 17.8 Å². The van der Waals surface area contributed by atoms with Gasteiger partial charge >= 0.3 is 0 Å². The molecule has 3 atom stereocenters. The van der Waals surface area contributed by atoms with Crippen LogP contribution in [0.1, 0.15) is 62.3 Å². The molecule has 0 saturated heterocycles. The van der Waals surface area contributed by atoms with Gasteiger partial charge in [0.1, 0.15) is 22.9 Å². The summed E-state index contributed by atoms with van der Waals surface area (Å²) in [4.78, 5) is 21.5. The number of hydrogen-bond acceptors (Lipinski definition) is 8. The summed E-state index contributed by atoms with van der Waals surface area (Å²) in [6.45, 7) is 3.26. The van der Waals surface area contributed by atoms with E-state index in [1.54, 1.807) is 37.6 Å². The Balaban J connectivity index is 1.33. The van der Waals surface area contributed by atoms with Crippen molar-refractivity contribution in [3.8, 4) is 16.5 Å². The number of rotatable bonds is 12.